The van der Waals surface area contributed by atoms with E-state index in [0.29, 0.717) is 0 Å². The molecule has 0 spiro atoms. The summed E-state index contributed by atoms with van der Waals surface area (Å²) in [4.78, 5) is 4.32. The first kappa shape index (κ1) is 14.6. The van der Waals surface area contributed by atoms with Gasteiger partial charge in [-0.25, -0.2) is 0 Å². The maximum absolute atomic E-state index is 4.32. The van der Waals surface area contributed by atoms with Gasteiger partial charge in [-0.05, 0) is 56.1 Å². The van der Waals surface area contributed by atoms with Crippen molar-refractivity contribution in [3.63, 3.8) is 0 Å². The fourth-order valence-corrected chi connectivity index (χ4v) is 4.24. The molecule has 0 aliphatic rings. The van der Waals surface area contributed by atoms with E-state index in [-0.39, 0.29) is 0 Å². The lowest BCUT2D eigenvalue weighted by Crippen LogP contribution is -1.87. The van der Waals surface area contributed by atoms with Crippen LogP contribution in [0.4, 0.5) is 0 Å². The second-order valence-electron chi connectivity index (χ2n) is 6.21. The highest BCUT2D eigenvalue weighted by molar-refractivity contribution is 9.10. The molecule has 118 valence electrons. The van der Waals surface area contributed by atoms with Gasteiger partial charge in [0.15, 0.2) is 0 Å². The lowest BCUT2D eigenvalue weighted by molar-refractivity contribution is 1.33. The number of halogens is 1. The Morgan fingerprint density at radius 2 is 1.24 bits per heavy atom. The highest BCUT2D eigenvalue weighted by Crippen LogP contribution is 2.40. The fraction of sp³-hybridized carbons (Fsp3) is 0. The number of pyridine rings is 1. The van der Waals surface area contributed by atoms with Crippen LogP contribution in [-0.2, 0) is 0 Å². The van der Waals surface area contributed by atoms with Gasteiger partial charge in [0.2, 0.25) is 0 Å². The smallest absolute Gasteiger partial charge is 0.0346 e. The van der Waals surface area contributed by atoms with Crippen LogP contribution < -0.4 is 0 Å². The molecule has 4 aromatic carbocycles. The minimum Gasteiger partial charge on any atom is -0.264 e. The molecule has 1 heterocycles. The summed E-state index contributed by atoms with van der Waals surface area (Å²) < 4.78 is 1.13. The number of nitrogens with zero attached hydrogens (tertiary/aromatic N) is 1. The van der Waals surface area contributed by atoms with Crippen molar-refractivity contribution in [1.82, 2.24) is 4.98 Å². The van der Waals surface area contributed by atoms with E-state index in [2.05, 4.69) is 87.6 Å². The zero-order valence-corrected chi connectivity index (χ0v) is 15.0. The Morgan fingerprint density at radius 3 is 1.96 bits per heavy atom. The third kappa shape index (κ3) is 2.25. The van der Waals surface area contributed by atoms with Gasteiger partial charge in [-0.15, -0.1) is 0 Å². The number of hydrogen-bond acceptors (Lipinski definition) is 1. The molecule has 0 saturated carbocycles. The van der Waals surface area contributed by atoms with Crippen LogP contribution in [0, 0.1) is 0 Å². The molecule has 0 N–H and O–H groups in total. The zero-order chi connectivity index (χ0) is 16.8. The molecule has 5 aromatic rings. The van der Waals surface area contributed by atoms with Gasteiger partial charge in [0.1, 0.15) is 0 Å². The predicted octanol–water partition coefficient (Wildman–Crippen LogP) is 6.97. The molecule has 0 bridgehead atoms. The topological polar surface area (TPSA) is 12.9 Å². The molecule has 0 amide bonds. The van der Waals surface area contributed by atoms with Crippen LogP contribution in [0.15, 0.2) is 89.7 Å². The fourth-order valence-electron chi connectivity index (χ4n) is 3.67. The van der Waals surface area contributed by atoms with Crippen LogP contribution in [0.2, 0.25) is 0 Å². The van der Waals surface area contributed by atoms with E-state index in [4.69, 9.17) is 0 Å². The molecule has 5 rings (SSSR count). The summed E-state index contributed by atoms with van der Waals surface area (Å²) in [5.41, 5.74) is 2.37. The van der Waals surface area contributed by atoms with Gasteiger partial charge in [-0.1, -0.05) is 70.5 Å². The van der Waals surface area contributed by atoms with Crippen LogP contribution in [0.3, 0.4) is 0 Å². The summed E-state index contributed by atoms with van der Waals surface area (Å²) in [6, 6.07) is 25.8. The van der Waals surface area contributed by atoms with Gasteiger partial charge in [-0.3, -0.25) is 4.98 Å². The second-order valence-corrected chi connectivity index (χ2v) is 7.06. The normalized spacial score (nSPS) is 11.4. The molecule has 0 radical (unpaired) electrons. The predicted molar refractivity (Wildman–Crippen MR) is 110 cm³/mol. The number of benzene rings is 4. The van der Waals surface area contributed by atoms with Crippen LogP contribution in [0.1, 0.15) is 0 Å². The van der Waals surface area contributed by atoms with Crippen molar-refractivity contribution in [2.45, 2.75) is 0 Å². The summed E-state index contributed by atoms with van der Waals surface area (Å²) in [7, 11) is 0. The van der Waals surface area contributed by atoms with Gasteiger partial charge in [-0.2, -0.15) is 0 Å². The van der Waals surface area contributed by atoms with Gasteiger partial charge in [0, 0.05) is 22.4 Å². The van der Waals surface area contributed by atoms with Gasteiger partial charge in [0.05, 0.1) is 0 Å². The Kier molecular flexibility index (Phi) is 3.32. The van der Waals surface area contributed by atoms with Crippen molar-refractivity contribution in [2.24, 2.45) is 0 Å². The monoisotopic (exact) mass is 383 g/mol. The lowest BCUT2D eigenvalue weighted by atomic mass is 9.91. The van der Waals surface area contributed by atoms with Crippen molar-refractivity contribution in [3.05, 3.63) is 89.7 Å². The molecule has 1 aromatic heterocycles. The van der Waals surface area contributed by atoms with E-state index in [9.17, 15) is 0 Å². The van der Waals surface area contributed by atoms with E-state index < -0.39 is 0 Å². The van der Waals surface area contributed by atoms with Crippen LogP contribution in [-0.4, -0.2) is 4.98 Å². The Bertz CT molecular complexity index is 1240. The van der Waals surface area contributed by atoms with Crippen molar-refractivity contribution in [1.29, 1.82) is 0 Å². The van der Waals surface area contributed by atoms with Crippen LogP contribution >= 0.6 is 15.9 Å². The molecule has 0 aliphatic heterocycles. The highest BCUT2D eigenvalue weighted by Gasteiger charge is 2.12. The molecule has 0 unspecified atom stereocenters. The molecule has 0 saturated heterocycles. The van der Waals surface area contributed by atoms with Crippen molar-refractivity contribution in [2.75, 3.05) is 0 Å². The number of rotatable bonds is 1. The van der Waals surface area contributed by atoms with Gasteiger partial charge >= 0.3 is 0 Å². The average Bonchev–Trinajstić information content (AvgIpc) is 2.69. The minimum atomic E-state index is 1.13. The van der Waals surface area contributed by atoms with Crippen molar-refractivity contribution < 1.29 is 0 Å². The first-order valence-electron chi connectivity index (χ1n) is 8.26. The van der Waals surface area contributed by atoms with Crippen LogP contribution in [0.5, 0.6) is 0 Å². The second kappa shape index (κ2) is 5.68. The Labute approximate surface area is 154 Å². The Balaban J connectivity index is 2.04. The molecular weight excluding hydrogens is 370 g/mol. The van der Waals surface area contributed by atoms with E-state index >= 15 is 0 Å². The maximum atomic E-state index is 4.32. The minimum absolute atomic E-state index is 1.13. The first-order valence-corrected chi connectivity index (χ1v) is 9.05. The number of hydrogen-bond donors (Lipinski definition) is 0. The van der Waals surface area contributed by atoms with Crippen molar-refractivity contribution >= 4 is 48.2 Å². The SMILES string of the molecule is Brc1cc2c3ccccc3c(-c3cccnc3)cc2c2ccccc12. The third-order valence-corrected chi connectivity index (χ3v) is 5.46. The van der Waals surface area contributed by atoms with Crippen molar-refractivity contribution in [3.8, 4) is 11.1 Å². The third-order valence-electron chi connectivity index (χ3n) is 4.80. The van der Waals surface area contributed by atoms with Gasteiger partial charge < -0.3 is 0 Å². The quantitative estimate of drug-likeness (QED) is 0.284. The summed E-state index contributed by atoms with van der Waals surface area (Å²) in [5.74, 6) is 0. The lowest BCUT2D eigenvalue weighted by Gasteiger charge is -2.13. The number of aromatic nitrogens is 1. The molecule has 2 heteroatoms. The Hall–Kier alpha value is -2.71. The van der Waals surface area contributed by atoms with Crippen LogP contribution in [0.25, 0.3) is 43.4 Å². The van der Waals surface area contributed by atoms with Gasteiger partial charge in [0.25, 0.3) is 0 Å². The summed E-state index contributed by atoms with van der Waals surface area (Å²) >= 11 is 3.76. The Morgan fingerprint density at radius 1 is 0.600 bits per heavy atom. The molecule has 25 heavy (non-hydrogen) atoms. The molecule has 1 nitrogen and oxygen atoms in total. The summed E-state index contributed by atoms with van der Waals surface area (Å²) in [5, 5.41) is 7.57. The zero-order valence-electron chi connectivity index (χ0n) is 13.4. The average molecular weight is 384 g/mol. The largest absolute Gasteiger partial charge is 0.264 e. The molecular formula is C23H14BrN. The molecule has 0 atom stereocenters. The van der Waals surface area contributed by atoms with E-state index in [1.165, 1.54) is 37.9 Å². The van der Waals surface area contributed by atoms with E-state index in [1.54, 1.807) is 0 Å². The first-order chi connectivity index (χ1) is 12.3. The van der Waals surface area contributed by atoms with E-state index in [1.807, 2.05) is 18.5 Å². The molecule has 0 aliphatic carbocycles. The standard InChI is InChI=1S/C23H14BrN/c24-23-13-22-17-8-2-1-7-16(17)20(15-6-5-11-25-14-15)12-21(22)18-9-3-4-10-19(18)23/h1-14H. The summed E-state index contributed by atoms with van der Waals surface area (Å²) in [6.45, 7) is 0. The molecule has 0 fully saturated rings. The number of fused-ring (bicyclic) bond motifs is 5. The summed E-state index contributed by atoms with van der Waals surface area (Å²) in [6.07, 6.45) is 3.76. The van der Waals surface area contributed by atoms with E-state index in [0.717, 1.165) is 10.0 Å². The maximum Gasteiger partial charge on any atom is 0.0346 e. The highest BCUT2D eigenvalue weighted by atomic mass is 79.9.